The van der Waals surface area contributed by atoms with Crippen molar-refractivity contribution in [3.63, 3.8) is 0 Å². The molecule has 1 saturated carbocycles. The van der Waals surface area contributed by atoms with Gasteiger partial charge in [0.15, 0.2) is 6.20 Å². The van der Waals surface area contributed by atoms with Crippen molar-refractivity contribution in [2.24, 2.45) is 13.0 Å². The Labute approximate surface area is 184 Å². The van der Waals surface area contributed by atoms with Gasteiger partial charge in [-0.2, -0.15) is 0 Å². The Morgan fingerprint density at radius 3 is 2.68 bits per heavy atom. The zero-order valence-electron chi connectivity index (χ0n) is 18.8. The van der Waals surface area contributed by atoms with E-state index in [4.69, 9.17) is 4.98 Å². The molecule has 0 spiro atoms. The van der Waals surface area contributed by atoms with Crippen LogP contribution in [0.25, 0.3) is 28.0 Å². The van der Waals surface area contributed by atoms with Gasteiger partial charge in [0.2, 0.25) is 5.69 Å². The molecular weight excluding hydrogens is 378 g/mol. The summed E-state index contributed by atoms with van der Waals surface area (Å²) in [6, 6.07) is 15.5. The first-order chi connectivity index (χ1) is 15.1. The third-order valence-electron chi connectivity index (χ3n) is 7.53. The summed E-state index contributed by atoms with van der Waals surface area (Å²) in [5.74, 6) is 2.02. The molecule has 0 amide bonds. The maximum absolute atomic E-state index is 4.95. The number of pyridine rings is 1. The molecule has 0 N–H and O–H groups in total. The molecule has 1 aliphatic heterocycles. The third-order valence-corrected chi connectivity index (χ3v) is 7.53. The van der Waals surface area contributed by atoms with Crippen LogP contribution in [0, 0.1) is 19.8 Å². The fraction of sp³-hybridized carbons (Fsp3) is 0.357. The Morgan fingerprint density at radius 1 is 1.03 bits per heavy atom. The van der Waals surface area contributed by atoms with Crippen molar-refractivity contribution in [3.8, 4) is 16.9 Å². The average molecular weight is 409 g/mol. The van der Waals surface area contributed by atoms with E-state index in [-0.39, 0.29) is 0 Å². The Hall–Kier alpha value is -2.94. The number of hydrogen-bond acceptors (Lipinski definition) is 1. The number of benzene rings is 2. The third kappa shape index (κ3) is 2.94. The van der Waals surface area contributed by atoms with Crippen molar-refractivity contribution in [2.75, 3.05) is 0 Å². The summed E-state index contributed by atoms with van der Waals surface area (Å²) in [6.07, 6.45) is 10.0. The lowest BCUT2D eigenvalue weighted by Crippen LogP contribution is -2.32. The highest BCUT2D eigenvalue weighted by atomic mass is 15.1. The van der Waals surface area contributed by atoms with Crippen LogP contribution in [-0.4, -0.2) is 9.55 Å². The summed E-state index contributed by atoms with van der Waals surface area (Å²) in [6.45, 7) is 4.53. The van der Waals surface area contributed by atoms with E-state index in [0.717, 1.165) is 23.7 Å². The van der Waals surface area contributed by atoms with Crippen LogP contribution in [0.15, 0.2) is 48.7 Å². The highest BCUT2D eigenvalue weighted by Gasteiger charge is 2.29. The van der Waals surface area contributed by atoms with Gasteiger partial charge in [-0.05, 0) is 61.1 Å². The van der Waals surface area contributed by atoms with Crippen LogP contribution < -0.4 is 4.57 Å². The first-order valence-electron chi connectivity index (χ1n) is 11.7. The highest BCUT2D eigenvalue weighted by molar-refractivity contribution is 5.83. The summed E-state index contributed by atoms with van der Waals surface area (Å²) in [5.41, 5.74) is 12.0. The maximum Gasteiger partial charge on any atom is 0.213 e. The first-order valence-corrected chi connectivity index (χ1v) is 11.7. The molecule has 3 heterocycles. The number of nitrogens with zero attached hydrogens (tertiary/aromatic N) is 3. The molecule has 0 bridgehead atoms. The van der Waals surface area contributed by atoms with Crippen LogP contribution in [0.2, 0.25) is 0 Å². The molecule has 2 aliphatic rings. The fourth-order valence-electron chi connectivity index (χ4n) is 5.94. The minimum atomic E-state index is 0.859. The van der Waals surface area contributed by atoms with Gasteiger partial charge in [-0.3, -0.25) is 4.57 Å². The van der Waals surface area contributed by atoms with E-state index in [1.807, 2.05) is 0 Å². The molecule has 2 aromatic heterocycles. The maximum atomic E-state index is 4.95. The van der Waals surface area contributed by atoms with Crippen LogP contribution in [0.3, 0.4) is 0 Å². The number of aromatic nitrogens is 3. The molecule has 2 aromatic carbocycles. The number of rotatable bonds is 3. The predicted octanol–water partition coefficient (Wildman–Crippen LogP) is 5.77. The van der Waals surface area contributed by atoms with E-state index in [9.17, 15) is 0 Å². The van der Waals surface area contributed by atoms with Gasteiger partial charge in [-0.15, -0.1) is 0 Å². The van der Waals surface area contributed by atoms with Gasteiger partial charge < -0.3 is 0 Å². The molecule has 0 atom stereocenters. The van der Waals surface area contributed by atoms with Crippen molar-refractivity contribution in [1.82, 2.24) is 9.55 Å². The zero-order chi connectivity index (χ0) is 21.1. The van der Waals surface area contributed by atoms with Crippen LogP contribution >= 0.6 is 0 Å². The highest BCUT2D eigenvalue weighted by Crippen LogP contribution is 2.39. The van der Waals surface area contributed by atoms with Gasteiger partial charge in [0, 0.05) is 18.1 Å². The monoisotopic (exact) mass is 408 g/mol. The molecule has 0 radical (unpaired) electrons. The lowest BCUT2D eigenvalue weighted by Gasteiger charge is -2.15. The van der Waals surface area contributed by atoms with E-state index < -0.39 is 0 Å². The first kappa shape index (κ1) is 18.8. The smallest absolute Gasteiger partial charge is 0.213 e. The van der Waals surface area contributed by atoms with E-state index in [1.165, 1.54) is 76.8 Å². The number of hydrogen-bond donors (Lipinski definition) is 0. The normalized spacial score (nSPS) is 15.6. The SMILES string of the molecule is Cc1c[n+](C)c(-c2c(C)ccc3c2Cc2nc4ccccc4n2-3)cc1CC1CCCC1. The molecule has 6 rings (SSSR count). The number of aryl methyl sites for hydroxylation is 3. The van der Waals surface area contributed by atoms with Gasteiger partial charge in [0.1, 0.15) is 12.9 Å². The van der Waals surface area contributed by atoms with Crippen LogP contribution in [0.4, 0.5) is 0 Å². The Morgan fingerprint density at radius 2 is 1.84 bits per heavy atom. The van der Waals surface area contributed by atoms with Crippen LogP contribution in [-0.2, 0) is 19.9 Å². The molecule has 3 heteroatoms. The molecule has 4 aromatic rings. The van der Waals surface area contributed by atoms with E-state index in [0.29, 0.717) is 0 Å². The Balaban J connectivity index is 1.51. The van der Waals surface area contributed by atoms with Crippen molar-refractivity contribution in [2.45, 2.75) is 52.4 Å². The van der Waals surface area contributed by atoms with Crippen molar-refractivity contribution < 1.29 is 4.57 Å². The van der Waals surface area contributed by atoms with Gasteiger partial charge in [-0.1, -0.05) is 43.9 Å². The Bertz CT molecular complexity index is 1320. The number of fused-ring (bicyclic) bond motifs is 5. The quantitative estimate of drug-likeness (QED) is 0.347. The molecular formula is C28H30N3+. The number of para-hydroxylation sites is 2. The molecule has 3 nitrogen and oxygen atoms in total. The molecule has 1 aliphatic carbocycles. The largest absolute Gasteiger partial charge is 0.296 e. The van der Waals surface area contributed by atoms with E-state index in [1.54, 1.807) is 0 Å². The van der Waals surface area contributed by atoms with Crippen molar-refractivity contribution in [3.05, 3.63) is 76.7 Å². The fourth-order valence-corrected chi connectivity index (χ4v) is 5.94. The standard InChI is InChI=1S/C28H30N3/c1-18-12-13-24-22(16-27-29-23-10-6-7-11-25(23)31(24)27)28(18)26-15-21(19(2)17-30(26)3)14-20-8-4-5-9-20/h6-7,10-13,15,17,20H,4-5,8-9,14,16H2,1-3H3/q+1. The van der Waals surface area contributed by atoms with Crippen molar-refractivity contribution in [1.29, 1.82) is 0 Å². The van der Waals surface area contributed by atoms with Gasteiger partial charge >= 0.3 is 0 Å². The van der Waals surface area contributed by atoms with Gasteiger partial charge in [0.05, 0.1) is 22.3 Å². The summed E-state index contributed by atoms with van der Waals surface area (Å²) < 4.78 is 4.69. The second-order valence-electron chi connectivity index (χ2n) is 9.62. The van der Waals surface area contributed by atoms with Gasteiger partial charge in [0.25, 0.3) is 0 Å². The van der Waals surface area contributed by atoms with E-state index in [2.05, 4.69) is 78.7 Å². The molecule has 0 unspecified atom stereocenters. The summed E-state index contributed by atoms with van der Waals surface area (Å²) >= 11 is 0. The number of imidazole rings is 1. The topological polar surface area (TPSA) is 21.7 Å². The van der Waals surface area contributed by atoms with Crippen LogP contribution in [0.1, 0.15) is 53.8 Å². The summed E-state index contributed by atoms with van der Waals surface area (Å²) in [4.78, 5) is 4.95. The lowest BCUT2D eigenvalue weighted by molar-refractivity contribution is -0.660. The average Bonchev–Trinajstić information content (AvgIpc) is 3.46. The minimum Gasteiger partial charge on any atom is -0.296 e. The molecule has 1 fully saturated rings. The Kier molecular flexibility index (Phi) is 4.27. The van der Waals surface area contributed by atoms with Crippen molar-refractivity contribution >= 4 is 11.0 Å². The predicted molar refractivity (Wildman–Crippen MR) is 126 cm³/mol. The lowest BCUT2D eigenvalue weighted by atomic mass is 9.91. The summed E-state index contributed by atoms with van der Waals surface area (Å²) in [7, 11) is 2.20. The second-order valence-corrected chi connectivity index (χ2v) is 9.62. The zero-order valence-corrected chi connectivity index (χ0v) is 18.8. The molecule has 0 saturated heterocycles. The molecule has 31 heavy (non-hydrogen) atoms. The second kappa shape index (κ2) is 7.05. The minimum absolute atomic E-state index is 0.859. The van der Waals surface area contributed by atoms with Gasteiger partial charge in [-0.25, -0.2) is 9.55 Å². The summed E-state index contributed by atoms with van der Waals surface area (Å²) in [5, 5.41) is 0. The van der Waals surface area contributed by atoms with Crippen LogP contribution in [0.5, 0.6) is 0 Å². The van der Waals surface area contributed by atoms with E-state index >= 15 is 0 Å². The molecule has 156 valence electrons.